The van der Waals surface area contributed by atoms with Crippen molar-refractivity contribution in [2.24, 2.45) is 0 Å². The van der Waals surface area contributed by atoms with E-state index in [1.807, 2.05) is 0 Å². The van der Waals surface area contributed by atoms with E-state index < -0.39 is 17.7 Å². The Morgan fingerprint density at radius 2 is 1.80 bits per heavy atom. The van der Waals surface area contributed by atoms with Gasteiger partial charge in [-0.25, -0.2) is 14.4 Å². The predicted octanol–water partition coefficient (Wildman–Crippen LogP) is 2.86. The Kier molecular flexibility index (Phi) is 6.76. The molecule has 2 N–H and O–H groups in total. The van der Waals surface area contributed by atoms with Crippen LogP contribution in [0, 0.1) is 0 Å². The monoisotopic (exact) mass is 410 g/mol. The first kappa shape index (κ1) is 21.0. The molecule has 0 aliphatic heterocycles. The summed E-state index contributed by atoms with van der Waals surface area (Å²) in [5, 5.41) is 6.05. The molecule has 0 saturated carbocycles. The molecule has 0 aliphatic rings. The zero-order chi connectivity index (χ0) is 21.5. The van der Waals surface area contributed by atoms with E-state index in [-0.39, 0.29) is 19.8 Å². The Morgan fingerprint density at radius 3 is 2.50 bits per heavy atom. The van der Waals surface area contributed by atoms with E-state index in [9.17, 15) is 14.4 Å². The molecule has 9 nitrogen and oxygen atoms in total. The van der Waals surface area contributed by atoms with Gasteiger partial charge in [-0.1, -0.05) is 12.1 Å². The maximum Gasteiger partial charge on any atom is 0.349 e. The number of hydrogen-bond donors (Lipinski definition) is 2. The Labute approximate surface area is 172 Å². The third-order valence-electron chi connectivity index (χ3n) is 4.28. The van der Waals surface area contributed by atoms with Crippen molar-refractivity contribution in [1.29, 1.82) is 0 Å². The van der Waals surface area contributed by atoms with Gasteiger partial charge in [-0.05, 0) is 43.3 Å². The fraction of sp³-hybridized carbons (Fsp3) is 0.238. The molecule has 0 radical (unpaired) electrons. The van der Waals surface area contributed by atoms with Crippen LogP contribution in [0.3, 0.4) is 0 Å². The van der Waals surface area contributed by atoms with Gasteiger partial charge in [-0.2, -0.15) is 4.98 Å². The smallest absolute Gasteiger partial charge is 0.349 e. The lowest BCUT2D eigenvalue weighted by atomic mass is 10.2. The Bertz CT molecular complexity index is 1110. The van der Waals surface area contributed by atoms with Crippen LogP contribution < -0.4 is 16.3 Å². The molecule has 2 amide bonds. The summed E-state index contributed by atoms with van der Waals surface area (Å²) in [5.41, 5.74) is 0.853. The number of anilines is 2. The third kappa shape index (κ3) is 4.81. The molecule has 2 aromatic carbocycles. The molecular formula is C21H22N4O5. The third-order valence-corrected chi connectivity index (χ3v) is 4.28. The zero-order valence-electron chi connectivity index (χ0n) is 16.7. The molecule has 0 saturated heterocycles. The van der Waals surface area contributed by atoms with Gasteiger partial charge in [0, 0.05) is 18.2 Å². The highest BCUT2D eigenvalue weighted by molar-refractivity contribution is 6.04. The van der Waals surface area contributed by atoms with Crippen molar-refractivity contribution in [3.63, 3.8) is 0 Å². The van der Waals surface area contributed by atoms with Crippen molar-refractivity contribution in [2.75, 3.05) is 31.0 Å². The summed E-state index contributed by atoms with van der Waals surface area (Å²) in [7, 11) is 1.53. The van der Waals surface area contributed by atoms with E-state index in [1.165, 1.54) is 11.7 Å². The Balaban J connectivity index is 1.83. The van der Waals surface area contributed by atoms with Crippen LogP contribution in [0.25, 0.3) is 10.9 Å². The van der Waals surface area contributed by atoms with Crippen LogP contribution in [0.15, 0.2) is 53.3 Å². The van der Waals surface area contributed by atoms with Crippen LogP contribution >= 0.6 is 0 Å². The summed E-state index contributed by atoms with van der Waals surface area (Å²) in [6, 6.07) is 12.8. The second kappa shape index (κ2) is 9.66. The standard InChI is InChI=1S/C21H22N4O5/c1-3-30-19(26)14-8-10-15(11-9-14)22-20(27)24-18-16-6-4-5-7-17(16)23-21(28)25(18)12-13-29-2/h4-11H,3,12-13H2,1-2H3,(H2,22,24,27). The van der Waals surface area contributed by atoms with E-state index in [1.54, 1.807) is 55.5 Å². The van der Waals surface area contributed by atoms with Gasteiger partial charge in [0.15, 0.2) is 0 Å². The SMILES string of the molecule is CCOC(=O)c1ccc(NC(=O)Nc2c3ccccc3nc(=O)n2CCOC)cc1. The largest absolute Gasteiger partial charge is 0.462 e. The number of amides is 2. The van der Waals surface area contributed by atoms with Gasteiger partial charge in [-0.3, -0.25) is 9.88 Å². The maximum atomic E-state index is 12.6. The maximum absolute atomic E-state index is 12.6. The molecule has 0 bridgehead atoms. The quantitative estimate of drug-likeness (QED) is 0.580. The van der Waals surface area contributed by atoms with Crippen LogP contribution in [0.5, 0.6) is 0 Å². The number of methoxy groups -OCH3 is 1. The lowest BCUT2D eigenvalue weighted by molar-refractivity contribution is 0.0526. The number of urea groups is 1. The minimum Gasteiger partial charge on any atom is -0.462 e. The minimum atomic E-state index is -0.541. The van der Waals surface area contributed by atoms with Gasteiger partial charge >= 0.3 is 17.7 Å². The number of carbonyl (C=O) groups excluding carboxylic acids is 2. The van der Waals surface area contributed by atoms with Gasteiger partial charge < -0.3 is 14.8 Å². The average molecular weight is 410 g/mol. The van der Waals surface area contributed by atoms with Crippen molar-refractivity contribution in [2.45, 2.75) is 13.5 Å². The van der Waals surface area contributed by atoms with Gasteiger partial charge in [0.1, 0.15) is 5.82 Å². The average Bonchev–Trinajstić information content (AvgIpc) is 2.74. The van der Waals surface area contributed by atoms with Crippen molar-refractivity contribution < 1.29 is 19.1 Å². The minimum absolute atomic E-state index is 0.233. The molecule has 156 valence electrons. The highest BCUT2D eigenvalue weighted by Crippen LogP contribution is 2.20. The molecule has 0 unspecified atom stereocenters. The van der Waals surface area contributed by atoms with Crippen LogP contribution in [0.1, 0.15) is 17.3 Å². The number of nitrogens with one attached hydrogen (secondary N) is 2. The summed E-state index contributed by atoms with van der Waals surface area (Å²) in [4.78, 5) is 40.8. The fourth-order valence-corrected chi connectivity index (χ4v) is 2.87. The second-order valence-electron chi connectivity index (χ2n) is 6.28. The van der Waals surface area contributed by atoms with E-state index in [0.717, 1.165) is 0 Å². The van der Waals surface area contributed by atoms with Crippen LogP contribution in [-0.2, 0) is 16.0 Å². The number of carbonyl (C=O) groups is 2. The highest BCUT2D eigenvalue weighted by Gasteiger charge is 2.14. The molecule has 3 aromatic rings. The van der Waals surface area contributed by atoms with Crippen molar-refractivity contribution >= 4 is 34.4 Å². The lowest BCUT2D eigenvalue weighted by Crippen LogP contribution is -2.30. The molecule has 3 rings (SSSR count). The first-order valence-electron chi connectivity index (χ1n) is 9.37. The van der Waals surface area contributed by atoms with Crippen LogP contribution in [0.4, 0.5) is 16.3 Å². The lowest BCUT2D eigenvalue weighted by Gasteiger charge is -2.16. The summed E-state index contributed by atoms with van der Waals surface area (Å²) >= 11 is 0. The number of hydrogen-bond acceptors (Lipinski definition) is 6. The molecule has 0 atom stereocenters. The van der Waals surface area contributed by atoms with Crippen molar-refractivity contribution in [3.8, 4) is 0 Å². The summed E-state index contributed by atoms with van der Waals surface area (Å²) in [5.74, 6) is -0.109. The van der Waals surface area contributed by atoms with E-state index in [2.05, 4.69) is 15.6 Å². The highest BCUT2D eigenvalue weighted by atomic mass is 16.5. The number of nitrogens with zero attached hydrogens (tertiary/aromatic N) is 2. The molecular weight excluding hydrogens is 388 g/mol. The first-order chi connectivity index (χ1) is 14.5. The summed E-state index contributed by atoms with van der Waals surface area (Å²) < 4.78 is 11.4. The van der Waals surface area contributed by atoms with Crippen molar-refractivity contribution in [3.05, 3.63) is 64.6 Å². The van der Waals surface area contributed by atoms with Crippen LogP contribution in [0.2, 0.25) is 0 Å². The predicted molar refractivity (Wildman–Crippen MR) is 113 cm³/mol. The van der Waals surface area contributed by atoms with E-state index >= 15 is 0 Å². The number of benzene rings is 2. The molecule has 0 spiro atoms. The summed E-state index contributed by atoms with van der Waals surface area (Å²) in [6.45, 7) is 2.53. The molecule has 1 heterocycles. The molecule has 30 heavy (non-hydrogen) atoms. The topological polar surface area (TPSA) is 112 Å². The Hall–Kier alpha value is -3.72. The fourth-order valence-electron chi connectivity index (χ4n) is 2.87. The van der Waals surface area contributed by atoms with Gasteiger partial charge in [-0.15, -0.1) is 0 Å². The second-order valence-corrected chi connectivity index (χ2v) is 6.28. The first-order valence-corrected chi connectivity index (χ1v) is 9.37. The number of aromatic nitrogens is 2. The van der Waals surface area contributed by atoms with E-state index in [0.29, 0.717) is 28.0 Å². The van der Waals surface area contributed by atoms with Crippen molar-refractivity contribution in [1.82, 2.24) is 9.55 Å². The van der Waals surface area contributed by atoms with Gasteiger partial charge in [0.25, 0.3) is 0 Å². The molecule has 0 aliphatic carbocycles. The Morgan fingerprint density at radius 1 is 1.07 bits per heavy atom. The van der Waals surface area contributed by atoms with Gasteiger partial charge in [0.2, 0.25) is 0 Å². The molecule has 0 fully saturated rings. The van der Waals surface area contributed by atoms with Gasteiger partial charge in [0.05, 0.1) is 30.8 Å². The molecule has 9 heteroatoms. The number of rotatable bonds is 7. The normalized spacial score (nSPS) is 10.6. The summed E-state index contributed by atoms with van der Waals surface area (Å²) in [6.07, 6.45) is 0. The molecule has 1 aromatic heterocycles. The zero-order valence-corrected chi connectivity index (χ0v) is 16.7. The van der Waals surface area contributed by atoms with E-state index in [4.69, 9.17) is 9.47 Å². The number of para-hydroxylation sites is 1. The number of fused-ring (bicyclic) bond motifs is 1. The number of esters is 1. The van der Waals surface area contributed by atoms with Crippen LogP contribution in [-0.4, -0.2) is 41.9 Å². The number of ether oxygens (including phenoxy) is 2.